The van der Waals surface area contributed by atoms with Crippen LogP contribution >= 0.6 is 0 Å². The van der Waals surface area contributed by atoms with Gasteiger partial charge < -0.3 is 10.1 Å². The quantitative estimate of drug-likeness (QED) is 0.757. The Hall–Kier alpha value is -2.88. The molecule has 0 unspecified atom stereocenters. The van der Waals surface area contributed by atoms with Crippen LogP contribution in [0.4, 0.5) is 0 Å². The van der Waals surface area contributed by atoms with Gasteiger partial charge in [0.25, 0.3) is 5.91 Å². The second-order valence-corrected chi connectivity index (χ2v) is 6.41. The molecule has 1 N–H and O–H groups in total. The molecule has 4 nitrogen and oxygen atoms in total. The largest absolute Gasteiger partial charge is 0.497 e. The second kappa shape index (κ2) is 7.34. The van der Waals surface area contributed by atoms with Crippen molar-refractivity contribution in [3.05, 3.63) is 60.2 Å². The summed E-state index contributed by atoms with van der Waals surface area (Å²) < 4.78 is 5.30. The molecule has 0 saturated carbocycles. The summed E-state index contributed by atoms with van der Waals surface area (Å²) in [7, 11) is 1.64. The van der Waals surface area contributed by atoms with Crippen LogP contribution in [0.5, 0.6) is 5.75 Å². The lowest BCUT2D eigenvalue weighted by Gasteiger charge is -2.12. The zero-order valence-corrected chi connectivity index (χ0v) is 14.7. The minimum Gasteiger partial charge on any atom is -0.497 e. The third-order valence-corrected chi connectivity index (χ3v) is 4.00. The SMILES string of the molecule is COc1cccc(-c2cc(C(=O)NCC(C)C)c3ccccc3n2)c1. The van der Waals surface area contributed by atoms with E-state index in [9.17, 15) is 4.79 Å². The van der Waals surface area contributed by atoms with E-state index in [1.807, 2.05) is 54.6 Å². The first-order valence-electron chi connectivity index (χ1n) is 8.41. The van der Waals surface area contributed by atoms with Crippen molar-refractivity contribution in [1.82, 2.24) is 10.3 Å². The fourth-order valence-corrected chi connectivity index (χ4v) is 2.69. The van der Waals surface area contributed by atoms with Gasteiger partial charge in [-0.1, -0.05) is 44.2 Å². The molecule has 128 valence electrons. The molecule has 3 rings (SSSR count). The highest BCUT2D eigenvalue weighted by Crippen LogP contribution is 2.27. The summed E-state index contributed by atoms with van der Waals surface area (Å²) in [6, 6.07) is 17.3. The van der Waals surface area contributed by atoms with E-state index in [1.165, 1.54) is 0 Å². The lowest BCUT2D eigenvalue weighted by molar-refractivity contribution is 0.0950. The van der Waals surface area contributed by atoms with Gasteiger partial charge in [-0.15, -0.1) is 0 Å². The number of fused-ring (bicyclic) bond motifs is 1. The lowest BCUT2D eigenvalue weighted by atomic mass is 10.0. The Morgan fingerprint density at radius 3 is 2.68 bits per heavy atom. The Morgan fingerprint density at radius 2 is 1.92 bits per heavy atom. The predicted octanol–water partition coefficient (Wildman–Crippen LogP) is 4.30. The topological polar surface area (TPSA) is 51.2 Å². The maximum Gasteiger partial charge on any atom is 0.252 e. The van der Waals surface area contributed by atoms with E-state index in [1.54, 1.807) is 7.11 Å². The van der Waals surface area contributed by atoms with Gasteiger partial charge in [-0.2, -0.15) is 0 Å². The molecule has 2 aromatic carbocycles. The Morgan fingerprint density at radius 1 is 1.12 bits per heavy atom. The summed E-state index contributed by atoms with van der Waals surface area (Å²) in [5, 5.41) is 3.86. The molecule has 0 fully saturated rings. The summed E-state index contributed by atoms with van der Waals surface area (Å²) in [6.07, 6.45) is 0. The number of nitrogens with one attached hydrogen (secondary N) is 1. The number of methoxy groups -OCH3 is 1. The van der Waals surface area contributed by atoms with Crippen molar-refractivity contribution < 1.29 is 9.53 Å². The first-order chi connectivity index (χ1) is 12.1. The molecule has 1 amide bonds. The second-order valence-electron chi connectivity index (χ2n) is 6.41. The molecule has 0 spiro atoms. The van der Waals surface area contributed by atoms with Gasteiger partial charge in [0, 0.05) is 17.5 Å². The average Bonchev–Trinajstić information content (AvgIpc) is 2.65. The van der Waals surface area contributed by atoms with Gasteiger partial charge in [0.05, 0.1) is 23.9 Å². The van der Waals surface area contributed by atoms with Crippen LogP contribution in [0.3, 0.4) is 0 Å². The van der Waals surface area contributed by atoms with Crippen LogP contribution < -0.4 is 10.1 Å². The Kier molecular flexibility index (Phi) is 4.98. The zero-order chi connectivity index (χ0) is 17.8. The number of carbonyl (C=O) groups excluding carboxylic acids is 1. The number of hydrogen-bond acceptors (Lipinski definition) is 3. The van der Waals surface area contributed by atoms with Crippen LogP contribution in [0.2, 0.25) is 0 Å². The van der Waals surface area contributed by atoms with Crippen LogP contribution in [0.15, 0.2) is 54.6 Å². The monoisotopic (exact) mass is 334 g/mol. The summed E-state index contributed by atoms with van der Waals surface area (Å²) in [5.74, 6) is 1.09. The number of pyridine rings is 1. The Labute approximate surface area is 147 Å². The van der Waals surface area contributed by atoms with Gasteiger partial charge in [-0.05, 0) is 30.2 Å². The fraction of sp³-hybridized carbons (Fsp3) is 0.238. The number of ether oxygens (including phenoxy) is 1. The number of nitrogens with zero attached hydrogens (tertiary/aromatic N) is 1. The van der Waals surface area contributed by atoms with E-state index < -0.39 is 0 Å². The van der Waals surface area contributed by atoms with Crippen molar-refractivity contribution in [2.75, 3.05) is 13.7 Å². The third-order valence-electron chi connectivity index (χ3n) is 4.00. The van der Waals surface area contributed by atoms with Gasteiger partial charge in [-0.25, -0.2) is 4.98 Å². The minimum absolute atomic E-state index is 0.0727. The highest BCUT2D eigenvalue weighted by atomic mass is 16.5. The molecular formula is C21H22N2O2. The third kappa shape index (κ3) is 3.79. The normalized spacial score (nSPS) is 10.9. The Balaban J connectivity index is 2.10. The molecule has 0 radical (unpaired) electrons. The van der Waals surface area contributed by atoms with Crippen LogP contribution in [-0.4, -0.2) is 24.5 Å². The number of rotatable bonds is 5. The van der Waals surface area contributed by atoms with E-state index in [4.69, 9.17) is 9.72 Å². The smallest absolute Gasteiger partial charge is 0.252 e. The molecule has 0 aliphatic carbocycles. The first kappa shape index (κ1) is 17.0. The maximum atomic E-state index is 12.7. The molecule has 1 aromatic heterocycles. The molecule has 0 aliphatic heterocycles. The number of aromatic nitrogens is 1. The van der Waals surface area contributed by atoms with Crippen LogP contribution in [0.1, 0.15) is 24.2 Å². The molecule has 0 aliphatic rings. The first-order valence-corrected chi connectivity index (χ1v) is 8.41. The van der Waals surface area contributed by atoms with Crippen molar-refractivity contribution in [2.45, 2.75) is 13.8 Å². The van der Waals surface area contributed by atoms with Crippen LogP contribution in [0, 0.1) is 5.92 Å². The van der Waals surface area contributed by atoms with Crippen LogP contribution in [0.25, 0.3) is 22.2 Å². The van der Waals surface area contributed by atoms with E-state index in [2.05, 4.69) is 19.2 Å². The minimum atomic E-state index is -0.0727. The average molecular weight is 334 g/mol. The summed E-state index contributed by atoms with van der Waals surface area (Å²) in [6.45, 7) is 4.79. The number of hydrogen-bond donors (Lipinski definition) is 1. The number of carbonyl (C=O) groups is 1. The van der Waals surface area contributed by atoms with Gasteiger partial charge in [0.15, 0.2) is 0 Å². The van der Waals surface area contributed by atoms with Crippen molar-refractivity contribution >= 4 is 16.8 Å². The molecule has 0 saturated heterocycles. The molecule has 4 heteroatoms. The Bertz CT molecular complexity index is 903. The van der Waals surface area contributed by atoms with Gasteiger partial charge in [0.1, 0.15) is 5.75 Å². The molecule has 0 bridgehead atoms. The van der Waals surface area contributed by atoms with Crippen LogP contribution in [-0.2, 0) is 0 Å². The summed E-state index contributed by atoms with van der Waals surface area (Å²) in [5.41, 5.74) is 3.12. The zero-order valence-electron chi connectivity index (χ0n) is 14.7. The summed E-state index contributed by atoms with van der Waals surface area (Å²) >= 11 is 0. The van der Waals surface area contributed by atoms with Gasteiger partial charge in [0.2, 0.25) is 0 Å². The fourth-order valence-electron chi connectivity index (χ4n) is 2.69. The molecule has 0 atom stereocenters. The summed E-state index contributed by atoms with van der Waals surface area (Å²) in [4.78, 5) is 17.4. The van der Waals surface area contributed by atoms with Crippen molar-refractivity contribution in [3.8, 4) is 17.0 Å². The van der Waals surface area contributed by atoms with E-state index in [0.717, 1.165) is 27.9 Å². The molecule has 3 aromatic rings. The lowest BCUT2D eigenvalue weighted by Crippen LogP contribution is -2.27. The number of para-hydroxylation sites is 1. The van der Waals surface area contributed by atoms with E-state index in [-0.39, 0.29) is 5.91 Å². The van der Waals surface area contributed by atoms with E-state index >= 15 is 0 Å². The van der Waals surface area contributed by atoms with Crippen molar-refractivity contribution in [2.24, 2.45) is 5.92 Å². The molecular weight excluding hydrogens is 312 g/mol. The van der Waals surface area contributed by atoms with Crippen molar-refractivity contribution in [3.63, 3.8) is 0 Å². The number of amides is 1. The van der Waals surface area contributed by atoms with Gasteiger partial charge in [-0.3, -0.25) is 4.79 Å². The highest BCUT2D eigenvalue weighted by molar-refractivity contribution is 6.07. The molecule has 1 heterocycles. The maximum absolute atomic E-state index is 12.7. The van der Waals surface area contributed by atoms with E-state index in [0.29, 0.717) is 18.0 Å². The van der Waals surface area contributed by atoms with Gasteiger partial charge >= 0.3 is 0 Å². The number of benzene rings is 2. The standard InChI is InChI=1S/C21H22N2O2/c1-14(2)13-22-21(24)18-12-20(15-7-6-8-16(11-15)25-3)23-19-10-5-4-9-17(18)19/h4-12,14H,13H2,1-3H3,(H,22,24). The predicted molar refractivity (Wildman–Crippen MR) is 101 cm³/mol. The van der Waals surface area contributed by atoms with Crippen molar-refractivity contribution in [1.29, 1.82) is 0 Å². The molecule has 25 heavy (non-hydrogen) atoms. The highest BCUT2D eigenvalue weighted by Gasteiger charge is 2.14.